The highest BCUT2D eigenvalue weighted by Gasteiger charge is 2.36. The Labute approximate surface area is 98.1 Å². The molecule has 1 fully saturated rings. The van der Waals surface area contributed by atoms with E-state index in [0.717, 1.165) is 19.5 Å². The number of nitrogens with zero attached hydrogens (tertiary/aromatic N) is 1. The first kappa shape index (κ1) is 13.5. The van der Waals surface area contributed by atoms with Gasteiger partial charge in [0.1, 0.15) is 6.04 Å². The van der Waals surface area contributed by atoms with Crippen molar-refractivity contribution in [1.29, 1.82) is 0 Å². The minimum atomic E-state index is -0.266. The molecule has 16 heavy (non-hydrogen) atoms. The molecule has 0 saturated carbocycles. The first-order chi connectivity index (χ1) is 7.40. The van der Waals surface area contributed by atoms with Crippen LogP contribution in [0.5, 0.6) is 0 Å². The van der Waals surface area contributed by atoms with E-state index in [0.29, 0.717) is 17.9 Å². The van der Waals surface area contributed by atoms with Crippen LogP contribution in [0.3, 0.4) is 0 Å². The van der Waals surface area contributed by atoms with Gasteiger partial charge in [0.15, 0.2) is 0 Å². The lowest BCUT2D eigenvalue weighted by Crippen LogP contribution is -2.46. The number of methoxy groups -OCH3 is 1. The Morgan fingerprint density at radius 1 is 1.56 bits per heavy atom. The fourth-order valence-electron chi connectivity index (χ4n) is 2.31. The zero-order valence-corrected chi connectivity index (χ0v) is 10.8. The molecule has 1 aliphatic heterocycles. The maximum atomic E-state index is 11.5. The van der Waals surface area contributed by atoms with Crippen molar-refractivity contribution in [2.45, 2.75) is 33.2 Å². The lowest BCUT2D eigenvalue weighted by molar-refractivity contribution is -0.146. The normalized spacial score (nSPS) is 24.4. The van der Waals surface area contributed by atoms with Gasteiger partial charge in [0.25, 0.3) is 0 Å². The summed E-state index contributed by atoms with van der Waals surface area (Å²) in [4.78, 5) is 13.7. The maximum Gasteiger partial charge on any atom is 0.324 e. The monoisotopic (exact) mass is 228 g/mol. The quantitative estimate of drug-likeness (QED) is 0.728. The number of rotatable bonds is 3. The molecular formula is C12H24N2O2. The van der Waals surface area contributed by atoms with Crippen molar-refractivity contribution >= 4 is 5.97 Å². The van der Waals surface area contributed by atoms with Crippen LogP contribution in [0, 0.1) is 11.3 Å². The van der Waals surface area contributed by atoms with E-state index < -0.39 is 0 Å². The summed E-state index contributed by atoms with van der Waals surface area (Å²) in [6.07, 6.45) is 1.14. The number of ether oxygens (including phenoxy) is 1. The van der Waals surface area contributed by atoms with Gasteiger partial charge in [0, 0.05) is 13.1 Å². The summed E-state index contributed by atoms with van der Waals surface area (Å²) in [6, 6.07) is -0.266. The van der Waals surface area contributed by atoms with Crippen molar-refractivity contribution in [2.24, 2.45) is 17.1 Å². The van der Waals surface area contributed by atoms with Crippen LogP contribution >= 0.6 is 0 Å². The Kier molecular flexibility index (Phi) is 4.33. The van der Waals surface area contributed by atoms with Crippen LogP contribution in [0.25, 0.3) is 0 Å². The molecule has 0 aromatic carbocycles. The second-order valence-corrected chi connectivity index (χ2v) is 5.62. The van der Waals surface area contributed by atoms with Crippen LogP contribution in [-0.4, -0.2) is 43.7 Å². The molecule has 1 aliphatic rings. The average molecular weight is 228 g/mol. The molecule has 0 aliphatic carbocycles. The van der Waals surface area contributed by atoms with Crippen molar-refractivity contribution in [3.8, 4) is 0 Å². The fraction of sp³-hybridized carbons (Fsp3) is 0.917. The minimum absolute atomic E-state index is 0.211. The third-order valence-electron chi connectivity index (χ3n) is 3.58. The molecule has 0 amide bonds. The molecule has 1 heterocycles. The predicted octanol–water partition coefficient (Wildman–Crippen LogP) is 0.855. The van der Waals surface area contributed by atoms with Crippen molar-refractivity contribution in [1.82, 2.24) is 4.90 Å². The molecule has 4 heteroatoms. The standard InChI is InChI=1S/C12H24N2O2/c1-12(2,3)9-5-6-14(8-9)10(7-13)11(15)16-4/h9-10H,5-8,13H2,1-4H3. The van der Waals surface area contributed by atoms with Crippen molar-refractivity contribution in [3.63, 3.8) is 0 Å². The number of likely N-dealkylation sites (tertiary alicyclic amines) is 1. The number of nitrogens with two attached hydrogens (primary N) is 1. The Morgan fingerprint density at radius 2 is 2.19 bits per heavy atom. The summed E-state index contributed by atoms with van der Waals surface area (Å²) in [6.45, 7) is 8.97. The summed E-state index contributed by atoms with van der Waals surface area (Å²) < 4.78 is 4.78. The Hall–Kier alpha value is -0.610. The topological polar surface area (TPSA) is 55.6 Å². The average Bonchev–Trinajstić information content (AvgIpc) is 2.67. The van der Waals surface area contributed by atoms with Crippen molar-refractivity contribution in [2.75, 3.05) is 26.7 Å². The summed E-state index contributed by atoms with van der Waals surface area (Å²) in [7, 11) is 1.42. The summed E-state index contributed by atoms with van der Waals surface area (Å²) >= 11 is 0. The first-order valence-electron chi connectivity index (χ1n) is 5.92. The smallest absolute Gasteiger partial charge is 0.324 e. The zero-order chi connectivity index (χ0) is 12.3. The summed E-state index contributed by atoms with van der Waals surface area (Å²) in [5.41, 5.74) is 5.94. The number of hydrogen-bond donors (Lipinski definition) is 1. The molecule has 2 N–H and O–H groups in total. The van der Waals surface area contributed by atoms with Crippen molar-refractivity contribution < 1.29 is 9.53 Å². The molecular weight excluding hydrogens is 204 g/mol. The van der Waals surface area contributed by atoms with Gasteiger partial charge < -0.3 is 10.5 Å². The van der Waals surface area contributed by atoms with Crippen LogP contribution in [0.4, 0.5) is 0 Å². The zero-order valence-electron chi connectivity index (χ0n) is 10.8. The third kappa shape index (κ3) is 2.95. The van der Waals surface area contributed by atoms with Crippen LogP contribution in [0.15, 0.2) is 0 Å². The van der Waals surface area contributed by atoms with E-state index in [2.05, 4.69) is 25.7 Å². The fourth-order valence-corrected chi connectivity index (χ4v) is 2.31. The van der Waals surface area contributed by atoms with Crippen LogP contribution in [0.1, 0.15) is 27.2 Å². The van der Waals surface area contributed by atoms with Gasteiger partial charge in [-0.05, 0) is 24.3 Å². The van der Waals surface area contributed by atoms with Gasteiger partial charge in [-0.15, -0.1) is 0 Å². The Bertz CT molecular complexity index is 248. The minimum Gasteiger partial charge on any atom is -0.468 e. The molecule has 2 atom stereocenters. The number of carbonyl (C=O) groups is 1. The van der Waals surface area contributed by atoms with Crippen molar-refractivity contribution in [3.05, 3.63) is 0 Å². The molecule has 1 rings (SSSR count). The number of hydrogen-bond acceptors (Lipinski definition) is 4. The second-order valence-electron chi connectivity index (χ2n) is 5.62. The van der Waals surface area contributed by atoms with Gasteiger partial charge in [-0.25, -0.2) is 0 Å². The number of carbonyl (C=O) groups excluding carboxylic acids is 1. The molecule has 0 bridgehead atoms. The summed E-state index contributed by atoms with van der Waals surface area (Å²) in [5.74, 6) is 0.420. The largest absolute Gasteiger partial charge is 0.468 e. The lowest BCUT2D eigenvalue weighted by Gasteiger charge is -2.29. The molecule has 2 unspecified atom stereocenters. The van der Waals surface area contributed by atoms with E-state index >= 15 is 0 Å². The van der Waals surface area contributed by atoms with Crippen LogP contribution in [-0.2, 0) is 9.53 Å². The van der Waals surface area contributed by atoms with E-state index in [9.17, 15) is 4.79 Å². The highest BCUT2D eigenvalue weighted by atomic mass is 16.5. The molecule has 0 spiro atoms. The molecule has 0 aromatic rings. The van der Waals surface area contributed by atoms with Gasteiger partial charge in [-0.3, -0.25) is 9.69 Å². The number of esters is 1. The van der Waals surface area contributed by atoms with E-state index in [-0.39, 0.29) is 12.0 Å². The Balaban J connectivity index is 2.60. The second kappa shape index (κ2) is 5.15. The van der Waals surface area contributed by atoms with Gasteiger partial charge in [0.05, 0.1) is 7.11 Å². The highest BCUT2D eigenvalue weighted by molar-refractivity contribution is 5.76. The summed E-state index contributed by atoms with van der Waals surface area (Å²) in [5, 5.41) is 0. The molecule has 0 aromatic heterocycles. The molecule has 1 saturated heterocycles. The molecule has 4 nitrogen and oxygen atoms in total. The van der Waals surface area contributed by atoms with E-state index in [1.807, 2.05) is 0 Å². The van der Waals surface area contributed by atoms with E-state index in [1.54, 1.807) is 0 Å². The first-order valence-corrected chi connectivity index (χ1v) is 5.92. The van der Waals surface area contributed by atoms with E-state index in [4.69, 9.17) is 10.5 Å². The third-order valence-corrected chi connectivity index (χ3v) is 3.58. The Morgan fingerprint density at radius 3 is 2.56 bits per heavy atom. The molecule has 94 valence electrons. The van der Waals surface area contributed by atoms with Gasteiger partial charge in [-0.1, -0.05) is 20.8 Å². The molecule has 0 radical (unpaired) electrons. The maximum absolute atomic E-state index is 11.5. The van der Waals surface area contributed by atoms with Gasteiger partial charge in [0.2, 0.25) is 0 Å². The van der Waals surface area contributed by atoms with Gasteiger partial charge >= 0.3 is 5.97 Å². The SMILES string of the molecule is COC(=O)C(CN)N1CCC(C(C)(C)C)C1. The van der Waals surface area contributed by atoms with Crippen LogP contribution in [0.2, 0.25) is 0 Å². The predicted molar refractivity (Wildman–Crippen MR) is 64.0 cm³/mol. The van der Waals surface area contributed by atoms with E-state index in [1.165, 1.54) is 7.11 Å². The van der Waals surface area contributed by atoms with Crippen LogP contribution < -0.4 is 5.73 Å². The lowest BCUT2D eigenvalue weighted by atomic mass is 9.80. The highest BCUT2D eigenvalue weighted by Crippen LogP contribution is 2.34. The van der Waals surface area contributed by atoms with Gasteiger partial charge in [-0.2, -0.15) is 0 Å².